The second-order valence-electron chi connectivity index (χ2n) is 3.82. The van der Waals surface area contributed by atoms with E-state index < -0.39 is 5.97 Å². The summed E-state index contributed by atoms with van der Waals surface area (Å²) < 4.78 is 0.824. The number of carboxylic acid groups (broad SMARTS) is 1. The largest absolute Gasteiger partial charge is 0.478 e. The highest BCUT2D eigenvalue weighted by molar-refractivity contribution is 9.10. The van der Waals surface area contributed by atoms with E-state index in [1.54, 1.807) is 30.3 Å². The van der Waals surface area contributed by atoms with E-state index in [2.05, 4.69) is 20.9 Å². The van der Waals surface area contributed by atoms with Crippen molar-refractivity contribution in [3.8, 4) is 0 Å². The Morgan fingerprint density at radius 1 is 1.30 bits per heavy atom. The van der Waals surface area contributed by atoms with Gasteiger partial charge in [-0.2, -0.15) is 0 Å². The van der Waals surface area contributed by atoms with Crippen LogP contribution < -0.4 is 0 Å². The number of carbonyl (C=O) groups is 1. The molecular formula is C13H8BrCl2NO2S. The topological polar surface area (TPSA) is 50.2 Å². The average Bonchev–Trinajstić information content (AvgIpc) is 2.37. The van der Waals surface area contributed by atoms with Gasteiger partial charge in [-0.1, -0.05) is 45.2 Å². The van der Waals surface area contributed by atoms with Crippen molar-refractivity contribution in [1.29, 1.82) is 0 Å². The first-order valence-corrected chi connectivity index (χ1v) is 7.97. The first kappa shape index (κ1) is 15.6. The number of aromatic nitrogens is 1. The summed E-state index contributed by atoms with van der Waals surface area (Å²) in [4.78, 5) is 15.8. The average molecular weight is 393 g/mol. The number of rotatable bonds is 4. The van der Waals surface area contributed by atoms with Gasteiger partial charge < -0.3 is 5.11 Å². The van der Waals surface area contributed by atoms with E-state index >= 15 is 0 Å². The van der Waals surface area contributed by atoms with Crippen LogP contribution in [0.3, 0.4) is 0 Å². The number of nitrogens with zero attached hydrogens (tertiary/aromatic N) is 1. The zero-order valence-corrected chi connectivity index (χ0v) is 13.9. The van der Waals surface area contributed by atoms with Gasteiger partial charge in [-0.3, -0.25) is 0 Å². The Kier molecular flexibility index (Phi) is 5.32. The summed E-state index contributed by atoms with van der Waals surface area (Å²) in [5.74, 6) is -0.444. The van der Waals surface area contributed by atoms with Crippen molar-refractivity contribution in [1.82, 2.24) is 4.98 Å². The number of carboxylic acids is 1. The molecule has 0 atom stereocenters. The Hall–Kier alpha value is -0.750. The number of pyridine rings is 1. The molecule has 0 radical (unpaired) electrons. The van der Waals surface area contributed by atoms with Crippen LogP contribution in [0.5, 0.6) is 0 Å². The molecule has 0 spiro atoms. The summed E-state index contributed by atoms with van der Waals surface area (Å²) in [7, 11) is 0. The first-order chi connectivity index (χ1) is 9.47. The molecule has 2 rings (SSSR count). The summed E-state index contributed by atoms with van der Waals surface area (Å²) in [5, 5.41) is 9.82. The zero-order chi connectivity index (χ0) is 14.7. The number of aromatic carboxylic acids is 1. The van der Waals surface area contributed by atoms with Crippen LogP contribution in [0.1, 0.15) is 15.9 Å². The van der Waals surface area contributed by atoms with Gasteiger partial charge in [0.05, 0.1) is 5.56 Å². The standard InChI is InChI=1S/C13H8BrCl2NO2S/c14-8-2-3-9(13(18)19)10(5-8)20-6-7-1-4-11(15)17-12(7)16/h1-5H,6H2,(H,18,19). The van der Waals surface area contributed by atoms with E-state index in [1.807, 2.05) is 0 Å². The van der Waals surface area contributed by atoms with Crippen LogP contribution in [0.4, 0.5) is 0 Å². The lowest BCUT2D eigenvalue weighted by Gasteiger charge is -2.07. The van der Waals surface area contributed by atoms with Crippen LogP contribution in [0.25, 0.3) is 0 Å². The van der Waals surface area contributed by atoms with Gasteiger partial charge in [0.1, 0.15) is 10.3 Å². The maximum atomic E-state index is 11.2. The van der Waals surface area contributed by atoms with Gasteiger partial charge in [0.15, 0.2) is 0 Å². The fourth-order valence-corrected chi connectivity index (χ4v) is 3.56. The minimum atomic E-state index is -0.958. The molecule has 0 saturated carbocycles. The van der Waals surface area contributed by atoms with E-state index in [-0.39, 0.29) is 5.56 Å². The van der Waals surface area contributed by atoms with Crippen molar-refractivity contribution in [2.45, 2.75) is 10.6 Å². The van der Waals surface area contributed by atoms with Crippen LogP contribution in [0.15, 0.2) is 39.7 Å². The third kappa shape index (κ3) is 3.88. The summed E-state index contributed by atoms with van der Waals surface area (Å²) in [6.07, 6.45) is 0. The molecular weight excluding hydrogens is 385 g/mol. The molecule has 0 aliphatic rings. The lowest BCUT2D eigenvalue weighted by atomic mass is 10.2. The van der Waals surface area contributed by atoms with E-state index in [0.29, 0.717) is 21.0 Å². The Balaban J connectivity index is 2.22. The Bertz CT molecular complexity index is 667. The predicted octanol–water partition coefficient (Wildman–Crippen LogP) is 5.14. The van der Waals surface area contributed by atoms with Crippen LogP contribution in [0, 0.1) is 0 Å². The third-order valence-corrected chi connectivity index (χ3v) is 4.58. The molecule has 1 aromatic carbocycles. The Morgan fingerprint density at radius 2 is 2.05 bits per heavy atom. The highest BCUT2D eigenvalue weighted by Gasteiger charge is 2.12. The molecule has 0 bridgehead atoms. The van der Waals surface area contributed by atoms with E-state index in [4.69, 9.17) is 28.3 Å². The van der Waals surface area contributed by atoms with E-state index in [0.717, 1.165) is 10.0 Å². The van der Waals surface area contributed by atoms with Crippen molar-refractivity contribution in [3.63, 3.8) is 0 Å². The molecule has 0 aliphatic carbocycles. The number of halogens is 3. The fraction of sp³-hybridized carbons (Fsp3) is 0.0769. The normalized spacial score (nSPS) is 10.6. The number of benzene rings is 1. The van der Waals surface area contributed by atoms with Gasteiger partial charge >= 0.3 is 5.97 Å². The minimum Gasteiger partial charge on any atom is -0.478 e. The predicted molar refractivity (Wildman–Crippen MR) is 84.9 cm³/mol. The van der Waals surface area contributed by atoms with Crippen molar-refractivity contribution in [3.05, 3.63) is 56.2 Å². The molecule has 0 saturated heterocycles. The summed E-state index contributed by atoms with van der Waals surface area (Å²) >= 11 is 16.4. The van der Waals surface area contributed by atoms with Gasteiger partial charge in [-0.15, -0.1) is 11.8 Å². The van der Waals surface area contributed by atoms with Crippen LogP contribution in [-0.2, 0) is 5.75 Å². The van der Waals surface area contributed by atoms with Crippen LogP contribution in [-0.4, -0.2) is 16.1 Å². The molecule has 1 aromatic heterocycles. The second-order valence-corrected chi connectivity index (χ2v) is 6.50. The van der Waals surface area contributed by atoms with Crippen molar-refractivity contribution < 1.29 is 9.90 Å². The minimum absolute atomic E-state index is 0.260. The smallest absolute Gasteiger partial charge is 0.336 e. The molecule has 1 heterocycles. The maximum Gasteiger partial charge on any atom is 0.336 e. The Morgan fingerprint density at radius 3 is 2.70 bits per heavy atom. The van der Waals surface area contributed by atoms with Gasteiger partial charge in [0, 0.05) is 15.1 Å². The quantitative estimate of drug-likeness (QED) is 0.577. The van der Waals surface area contributed by atoms with Gasteiger partial charge in [0.2, 0.25) is 0 Å². The molecule has 1 N–H and O–H groups in total. The number of thioether (sulfide) groups is 1. The lowest BCUT2D eigenvalue weighted by molar-refractivity contribution is 0.0693. The lowest BCUT2D eigenvalue weighted by Crippen LogP contribution is -1.99. The van der Waals surface area contributed by atoms with Gasteiger partial charge in [-0.25, -0.2) is 9.78 Å². The number of hydrogen-bond donors (Lipinski definition) is 1. The maximum absolute atomic E-state index is 11.2. The Labute approximate surface area is 138 Å². The molecule has 7 heteroatoms. The number of hydrogen-bond acceptors (Lipinski definition) is 3. The van der Waals surface area contributed by atoms with E-state index in [9.17, 15) is 4.79 Å². The van der Waals surface area contributed by atoms with Gasteiger partial charge in [0.25, 0.3) is 0 Å². The molecule has 0 aliphatic heterocycles. The molecule has 2 aromatic rings. The monoisotopic (exact) mass is 391 g/mol. The van der Waals surface area contributed by atoms with Crippen molar-refractivity contribution in [2.75, 3.05) is 0 Å². The SMILES string of the molecule is O=C(O)c1ccc(Br)cc1SCc1ccc(Cl)nc1Cl. The summed E-state index contributed by atoms with van der Waals surface area (Å²) in [6, 6.07) is 8.47. The van der Waals surface area contributed by atoms with Crippen LogP contribution in [0.2, 0.25) is 10.3 Å². The highest BCUT2D eigenvalue weighted by atomic mass is 79.9. The van der Waals surface area contributed by atoms with E-state index in [1.165, 1.54) is 11.8 Å². The van der Waals surface area contributed by atoms with Crippen molar-refractivity contribution in [2.24, 2.45) is 0 Å². The van der Waals surface area contributed by atoms with Gasteiger partial charge in [-0.05, 0) is 29.8 Å². The second kappa shape index (κ2) is 6.80. The summed E-state index contributed by atoms with van der Waals surface area (Å²) in [5.41, 5.74) is 1.06. The fourth-order valence-electron chi connectivity index (χ4n) is 1.50. The zero-order valence-electron chi connectivity index (χ0n) is 9.94. The molecule has 0 unspecified atom stereocenters. The molecule has 3 nitrogen and oxygen atoms in total. The highest BCUT2D eigenvalue weighted by Crippen LogP contribution is 2.31. The molecule has 104 valence electrons. The first-order valence-electron chi connectivity index (χ1n) is 5.44. The third-order valence-electron chi connectivity index (χ3n) is 2.45. The summed E-state index contributed by atoms with van der Waals surface area (Å²) in [6.45, 7) is 0. The van der Waals surface area contributed by atoms with Crippen LogP contribution >= 0.6 is 50.9 Å². The molecule has 20 heavy (non-hydrogen) atoms. The van der Waals surface area contributed by atoms with Crippen molar-refractivity contribution >= 4 is 56.9 Å². The molecule has 0 fully saturated rings. The molecule has 0 amide bonds.